The Hall–Kier alpha value is -3.04. The van der Waals surface area contributed by atoms with Crippen molar-refractivity contribution in [2.45, 2.75) is 18.0 Å². The van der Waals surface area contributed by atoms with Crippen LogP contribution in [0.15, 0.2) is 53.7 Å². The molecule has 0 unspecified atom stereocenters. The number of carbonyl (C=O) groups is 2. The van der Waals surface area contributed by atoms with Crippen molar-refractivity contribution in [2.75, 3.05) is 36.2 Å². The molecule has 1 aliphatic rings. The van der Waals surface area contributed by atoms with E-state index in [-0.39, 0.29) is 11.7 Å². The van der Waals surface area contributed by atoms with Gasteiger partial charge in [0.25, 0.3) is 0 Å². The van der Waals surface area contributed by atoms with Crippen LogP contribution in [0, 0.1) is 0 Å². The number of methoxy groups -OCH3 is 1. The highest BCUT2D eigenvalue weighted by atomic mass is 35.5. The maximum absolute atomic E-state index is 12.5. The molecule has 0 saturated carbocycles. The van der Waals surface area contributed by atoms with Gasteiger partial charge in [-0.05, 0) is 55.3 Å². The molecule has 2 aromatic carbocycles. The number of aromatic nitrogens is 3. The number of hydrogen-bond donors (Lipinski definition) is 1. The van der Waals surface area contributed by atoms with E-state index in [1.807, 2.05) is 28.8 Å². The van der Waals surface area contributed by atoms with E-state index in [2.05, 4.69) is 25.2 Å². The summed E-state index contributed by atoms with van der Waals surface area (Å²) in [5.74, 6) is 0.292. The molecule has 1 aromatic heterocycles. The molecule has 1 aliphatic heterocycles. The van der Waals surface area contributed by atoms with Crippen LogP contribution in [0.1, 0.15) is 23.2 Å². The second-order valence-electron chi connectivity index (χ2n) is 7.20. The quantitative estimate of drug-likeness (QED) is 0.411. The average Bonchev–Trinajstić information content (AvgIpc) is 3.47. The van der Waals surface area contributed by atoms with Crippen LogP contribution in [0.3, 0.4) is 0 Å². The summed E-state index contributed by atoms with van der Waals surface area (Å²) in [5, 5.41) is 12.8. The van der Waals surface area contributed by atoms with E-state index in [1.54, 1.807) is 24.3 Å². The number of anilines is 2. The monoisotopic (exact) mass is 471 g/mol. The van der Waals surface area contributed by atoms with Crippen molar-refractivity contribution in [3.05, 3.63) is 59.1 Å². The lowest BCUT2D eigenvalue weighted by Gasteiger charge is -2.18. The van der Waals surface area contributed by atoms with Crippen LogP contribution in [0.4, 0.5) is 11.6 Å². The zero-order valence-corrected chi connectivity index (χ0v) is 19.0. The van der Waals surface area contributed by atoms with Crippen molar-refractivity contribution in [3.8, 4) is 5.69 Å². The van der Waals surface area contributed by atoms with Crippen LogP contribution in [-0.2, 0) is 9.53 Å². The predicted molar refractivity (Wildman–Crippen MR) is 125 cm³/mol. The van der Waals surface area contributed by atoms with Crippen molar-refractivity contribution in [1.29, 1.82) is 0 Å². The summed E-state index contributed by atoms with van der Waals surface area (Å²) < 4.78 is 6.63. The van der Waals surface area contributed by atoms with Gasteiger partial charge in [0.1, 0.15) is 0 Å². The SMILES string of the molecule is COC(=O)c1ccc(NC(=O)CSc2nnc(N3CCCC3)n2-c2cccc(Cl)c2)cc1. The number of nitrogens with one attached hydrogen (secondary N) is 1. The number of rotatable bonds is 7. The Balaban J connectivity index is 1.48. The van der Waals surface area contributed by atoms with Gasteiger partial charge in [-0.25, -0.2) is 4.79 Å². The fourth-order valence-electron chi connectivity index (χ4n) is 3.45. The molecular formula is C22H22ClN5O3S. The third-order valence-electron chi connectivity index (χ3n) is 4.99. The number of esters is 1. The minimum absolute atomic E-state index is 0.150. The number of ether oxygens (including phenoxy) is 1. The second-order valence-corrected chi connectivity index (χ2v) is 8.58. The van der Waals surface area contributed by atoms with E-state index >= 15 is 0 Å². The highest BCUT2D eigenvalue weighted by Gasteiger charge is 2.23. The lowest BCUT2D eigenvalue weighted by atomic mass is 10.2. The fourth-order valence-corrected chi connectivity index (χ4v) is 4.39. The highest BCUT2D eigenvalue weighted by molar-refractivity contribution is 7.99. The maximum atomic E-state index is 12.5. The highest BCUT2D eigenvalue weighted by Crippen LogP contribution is 2.29. The van der Waals surface area contributed by atoms with Crippen molar-refractivity contribution in [1.82, 2.24) is 14.8 Å². The van der Waals surface area contributed by atoms with Gasteiger partial charge in [0.05, 0.1) is 24.1 Å². The molecule has 32 heavy (non-hydrogen) atoms. The number of nitrogens with zero attached hydrogens (tertiary/aromatic N) is 4. The Bertz CT molecular complexity index is 1110. The van der Waals surface area contributed by atoms with Crippen molar-refractivity contribution >= 4 is 46.9 Å². The molecular weight excluding hydrogens is 450 g/mol. The van der Waals surface area contributed by atoms with Crippen LogP contribution in [0.25, 0.3) is 5.69 Å². The minimum Gasteiger partial charge on any atom is -0.465 e. The van der Waals surface area contributed by atoms with Gasteiger partial charge in [0.2, 0.25) is 11.9 Å². The standard InChI is InChI=1S/C22H22ClN5O3S/c1-31-20(30)15-7-9-17(10-8-15)24-19(29)14-32-22-26-25-21(27-11-2-3-12-27)28(22)18-6-4-5-16(23)13-18/h4-10,13H,2-3,11-12,14H2,1H3,(H,24,29). The van der Waals surface area contributed by atoms with E-state index in [4.69, 9.17) is 11.6 Å². The van der Waals surface area contributed by atoms with E-state index in [0.717, 1.165) is 37.6 Å². The zero-order chi connectivity index (χ0) is 22.5. The molecule has 0 spiro atoms. The summed E-state index contributed by atoms with van der Waals surface area (Å²) >= 11 is 7.52. The Morgan fingerprint density at radius 2 is 1.88 bits per heavy atom. The van der Waals surface area contributed by atoms with Gasteiger partial charge < -0.3 is 15.0 Å². The van der Waals surface area contributed by atoms with Crippen LogP contribution in [0.5, 0.6) is 0 Å². The van der Waals surface area contributed by atoms with Gasteiger partial charge in [-0.1, -0.05) is 29.4 Å². The molecule has 1 fully saturated rings. The first-order valence-electron chi connectivity index (χ1n) is 10.1. The van der Waals surface area contributed by atoms with Gasteiger partial charge in [-0.15, -0.1) is 10.2 Å². The number of halogens is 1. The summed E-state index contributed by atoms with van der Waals surface area (Å²) in [4.78, 5) is 26.2. The molecule has 2 heterocycles. The Kier molecular flexibility index (Phi) is 6.96. The Labute approximate surface area is 194 Å². The summed E-state index contributed by atoms with van der Waals surface area (Å²) in [6, 6.07) is 14.0. The topological polar surface area (TPSA) is 89.3 Å². The number of benzene rings is 2. The Morgan fingerprint density at radius 3 is 2.56 bits per heavy atom. The van der Waals surface area contributed by atoms with E-state index in [9.17, 15) is 9.59 Å². The lowest BCUT2D eigenvalue weighted by Crippen LogP contribution is -2.22. The number of thioether (sulfide) groups is 1. The maximum Gasteiger partial charge on any atom is 0.337 e. The molecule has 0 radical (unpaired) electrons. The number of hydrogen-bond acceptors (Lipinski definition) is 7. The first-order chi connectivity index (χ1) is 15.5. The molecule has 1 saturated heterocycles. The van der Waals surface area contributed by atoms with Gasteiger partial charge >= 0.3 is 5.97 Å². The molecule has 1 amide bonds. The van der Waals surface area contributed by atoms with Crippen molar-refractivity contribution in [2.24, 2.45) is 0 Å². The number of carbonyl (C=O) groups excluding carboxylic acids is 2. The smallest absolute Gasteiger partial charge is 0.337 e. The summed E-state index contributed by atoms with van der Waals surface area (Å²) in [7, 11) is 1.33. The molecule has 3 aromatic rings. The van der Waals surface area contributed by atoms with Gasteiger partial charge in [-0.2, -0.15) is 0 Å². The predicted octanol–water partition coefficient (Wildman–Crippen LogP) is 4.04. The largest absolute Gasteiger partial charge is 0.465 e. The minimum atomic E-state index is -0.424. The van der Waals surface area contributed by atoms with Gasteiger partial charge in [0.15, 0.2) is 5.16 Å². The molecule has 0 bridgehead atoms. The van der Waals surface area contributed by atoms with E-state index in [0.29, 0.717) is 21.4 Å². The molecule has 10 heteroatoms. The molecule has 8 nitrogen and oxygen atoms in total. The Morgan fingerprint density at radius 1 is 1.12 bits per heavy atom. The fraction of sp³-hybridized carbons (Fsp3) is 0.273. The van der Waals surface area contributed by atoms with Gasteiger partial charge in [0, 0.05) is 23.8 Å². The van der Waals surface area contributed by atoms with Gasteiger partial charge in [-0.3, -0.25) is 9.36 Å². The van der Waals surface area contributed by atoms with Crippen LogP contribution < -0.4 is 10.2 Å². The molecule has 0 aliphatic carbocycles. The number of amides is 1. The molecule has 1 N–H and O–H groups in total. The summed E-state index contributed by atoms with van der Waals surface area (Å²) in [6.45, 7) is 1.84. The lowest BCUT2D eigenvalue weighted by molar-refractivity contribution is -0.113. The summed E-state index contributed by atoms with van der Waals surface area (Å²) in [6.07, 6.45) is 2.23. The third kappa shape index (κ3) is 5.05. The molecule has 0 atom stereocenters. The molecule has 4 rings (SSSR count). The third-order valence-corrected chi connectivity index (χ3v) is 6.16. The average molecular weight is 472 g/mol. The van der Waals surface area contributed by atoms with Crippen LogP contribution in [-0.4, -0.2) is 52.6 Å². The van der Waals surface area contributed by atoms with Crippen LogP contribution >= 0.6 is 23.4 Å². The zero-order valence-electron chi connectivity index (χ0n) is 17.5. The van der Waals surface area contributed by atoms with Crippen LogP contribution in [0.2, 0.25) is 5.02 Å². The normalized spacial score (nSPS) is 13.2. The van der Waals surface area contributed by atoms with Crippen molar-refractivity contribution < 1.29 is 14.3 Å². The summed E-state index contributed by atoms with van der Waals surface area (Å²) in [5.41, 5.74) is 1.87. The molecule has 166 valence electrons. The van der Waals surface area contributed by atoms with E-state index < -0.39 is 5.97 Å². The first-order valence-corrected chi connectivity index (χ1v) is 11.5. The van der Waals surface area contributed by atoms with Crippen molar-refractivity contribution in [3.63, 3.8) is 0 Å². The second kappa shape index (κ2) is 10.1. The van der Waals surface area contributed by atoms with E-state index in [1.165, 1.54) is 18.9 Å². The first kappa shape index (κ1) is 22.2.